The number of carbonyl (C=O) groups excluding carboxylic acids is 2. The van der Waals surface area contributed by atoms with Gasteiger partial charge < -0.3 is 25.2 Å². The molecule has 12 heteroatoms. The van der Waals surface area contributed by atoms with Crippen LogP contribution in [0, 0.1) is 0 Å². The number of hydrogen-bond acceptors (Lipinski definition) is 5. The molecule has 7 nitrogen and oxygen atoms in total. The Morgan fingerprint density at radius 3 is 2.18 bits per heavy atom. The van der Waals surface area contributed by atoms with Crippen LogP contribution in [0.3, 0.4) is 0 Å². The van der Waals surface area contributed by atoms with Gasteiger partial charge in [-0.1, -0.05) is 12.1 Å². The molecule has 0 spiro atoms. The zero-order chi connectivity index (χ0) is 25.1. The Kier molecular flexibility index (Phi) is 9.80. The van der Waals surface area contributed by atoms with Gasteiger partial charge in [0.1, 0.15) is 17.2 Å². The summed E-state index contributed by atoms with van der Waals surface area (Å²) in [5.74, 6) is -1.39. The summed E-state index contributed by atoms with van der Waals surface area (Å²) in [7, 11) is 0. The minimum absolute atomic E-state index is 0.0861. The maximum absolute atomic E-state index is 12.6. The highest BCUT2D eigenvalue weighted by atomic mass is 19.4. The maximum Gasteiger partial charge on any atom is 0.392 e. The van der Waals surface area contributed by atoms with Crippen molar-refractivity contribution < 1.29 is 46.1 Å². The molecule has 0 aliphatic heterocycles. The number of aliphatic hydroxyl groups excluding tert-OH is 1. The second kappa shape index (κ2) is 12.5. The first kappa shape index (κ1) is 26.6. The summed E-state index contributed by atoms with van der Waals surface area (Å²) in [5, 5.41) is 13.7. The van der Waals surface area contributed by atoms with Crippen LogP contribution in [0.1, 0.15) is 22.3 Å². The van der Waals surface area contributed by atoms with Crippen LogP contribution in [0.2, 0.25) is 0 Å². The molecule has 0 unspecified atom stereocenters. The van der Waals surface area contributed by atoms with Crippen LogP contribution in [0.4, 0.5) is 22.0 Å². The van der Waals surface area contributed by atoms with E-state index in [2.05, 4.69) is 15.4 Å². The molecule has 184 valence electrons. The van der Waals surface area contributed by atoms with Crippen LogP contribution in [0.5, 0.6) is 11.5 Å². The number of halogens is 5. The third kappa shape index (κ3) is 9.45. The van der Waals surface area contributed by atoms with E-state index in [0.717, 1.165) is 0 Å². The number of nitrogens with one attached hydrogen (secondary N) is 2. The smallest absolute Gasteiger partial charge is 0.392 e. The number of alkyl halides is 5. The molecule has 0 aromatic heterocycles. The van der Waals surface area contributed by atoms with Gasteiger partial charge in [0.25, 0.3) is 11.8 Å². The van der Waals surface area contributed by atoms with Gasteiger partial charge in [-0.05, 0) is 48.0 Å². The number of hydrogen-bond donors (Lipinski definition) is 3. The van der Waals surface area contributed by atoms with Crippen LogP contribution in [0.15, 0.2) is 54.2 Å². The zero-order valence-electron chi connectivity index (χ0n) is 17.6. The largest absolute Gasteiger partial charge is 0.493 e. The van der Waals surface area contributed by atoms with Gasteiger partial charge in [0.15, 0.2) is 0 Å². The molecule has 0 heterocycles. The van der Waals surface area contributed by atoms with Gasteiger partial charge in [-0.3, -0.25) is 9.59 Å². The average molecular weight is 488 g/mol. The third-order valence-electron chi connectivity index (χ3n) is 4.08. The van der Waals surface area contributed by atoms with E-state index in [4.69, 9.17) is 9.84 Å². The monoisotopic (exact) mass is 488 g/mol. The number of amides is 2. The molecule has 0 radical (unpaired) electrons. The highest BCUT2D eigenvalue weighted by Gasteiger charge is 2.26. The van der Waals surface area contributed by atoms with E-state index < -0.39 is 37.6 Å². The first-order valence-electron chi connectivity index (χ1n) is 9.84. The third-order valence-corrected chi connectivity index (χ3v) is 4.08. The Labute approximate surface area is 191 Å². The average Bonchev–Trinajstić information content (AvgIpc) is 2.77. The number of benzene rings is 2. The summed E-state index contributed by atoms with van der Waals surface area (Å²) >= 11 is 0. The van der Waals surface area contributed by atoms with Crippen molar-refractivity contribution in [2.75, 3.05) is 19.8 Å². The SMILES string of the molecule is O=C(NCCO)/C(=C\c1ccc(OC(F)F)cc1)NC(=O)c1ccc(OCCC(F)(F)F)cc1. The normalized spacial score (nSPS) is 11.8. The lowest BCUT2D eigenvalue weighted by Crippen LogP contribution is -2.36. The molecular formula is C22H21F5N2O5. The van der Waals surface area contributed by atoms with Crippen molar-refractivity contribution in [2.24, 2.45) is 0 Å². The molecule has 34 heavy (non-hydrogen) atoms. The lowest BCUT2D eigenvalue weighted by Gasteiger charge is -2.12. The molecule has 0 bridgehead atoms. The van der Waals surface area contributed by atoms with Gasteiger partial charge in [0.05, 0.1) is 19.6 Å². The van der Waals surface area contributed by atoms with Crippen molar-refractivity contribution in [3.8, 4) is 11.5 Å². The molecule has 0 atom stereocenters. The van der Waals surface area contributed by atoms with Gasteiger partial charge in [-0.15, -0.1) is 0 Å². The van der Waals surface area contributed by atoms with Gasteiger partial charge in [-0.25, -0.2) is 0 Å². The summed E-state index contributed by atoms with van der Waals surface area (Å²) in [6.07, 6.45) is -4.19. The fraction of sp³-hybridized carbons (Fsp3) is 0.273. The van der Waals surface area contributed by atoms with Crippen LogP contribution >= 0.6 is 0 Å². The molecule has 2 rings (SSSR count). The van der Waals surface area contributed by atoms with Crippen LogP contribution < -0.4 is 20.1 Å². The predicted octanol–water partition coefficient (Wildman–Crippen LogP) is 3.50. The molecule has 0 aliphatic carbocycles. The van der Waals surface area contributed by atoms with Crippen molar-refractivity contribution >= 4 is 17.9 Å². The summed E-state index contributed by atoms with van der Waals surface area (Å²) in [4.78, 5) is 25.0. The number of rotatable bonds is 11. The summed E-state index contributed by atoms with van der Waals surface area (Å²) < 4.78 is 70.4. The Balaban J connectivity index is 2.12. The Bertz CT molecular complexity index is 977. The molecule has 2 amide bonds. The Hall–Kier alpha value is -3.67. The fourth-order valence-electron chi connectivity index (χ4n) is 2.52. The maximum atomic E-state index is 12.6. The van der Waals surface area contributed by atoms with Crippen molar-refractivity contribution in [1.82, 2.24) is 10.6 Å². The second-order valence-corrected chi connectivity index (χ2v) is 6.68. The Morgan fingerprint density at radius 1 is 1.00 bits per heavy atom. The van der Waals surface area contributed by atoms with Crippen LogP contribution in [-0.2, 0) is 4.79 Å². The van der Waals surface area contributed by atoms with Crippen LogP contribution in [0.25, 0.3) is 6.08 Å². The number of carbonyl (C=O) groups is 2. The lowest BCUT2D eigenvalue weighted by atomic mass is 10.1. The van der Waals surface area contributed by atoms with E-state index in [1.807, 2.05) is 0 Å². The van der Waals surface area contributed by atoms with E-state index in [1.54, 1.807) is 0 Å². The second-order valence-electron chi connectivity index (χ2n) is 6.68. The standard InChI is InChI=1S/C22H21F5N2O5/c23-21(24)34-17-5-1-14(2-6-17)13-18(20(32)28-10-11-30)29-19(31)15-3-7-16(8-4-15)33-12-9-22(25,26)27/h1-8,13,21,30H,9-12H2,(H,28,32)(H,29,31)/b18-13+. The van der Waals surface area contributed by atoms with Crippen molar-refractivity contribution in [1.29, 1.82) is 0 Å². The van der Waals surface area contributed by atoms with Crippen molar-refractivity contribution in [3.05, 3.63) is 65.4 Å². The Morgan fingerprint density at radius 2 is 1.62 bits per heavy atom. The summed E-state index contributed by atoms with van der Waals surface area (Å²) in [6, 6.07) is 10.5. The topological polar surface area (TPSA) is 96.9 Å². The summed E-state index contributed by atoms with van der Waals surface area (Å²) in [5.41, 5.74) is 0.265. The fourth-order valence-corrected chi connectivity index (χ4v) is 2.52. The molecule has 0 fully saturated rings. The molecular weight excluding hydrogens is 467 g/mol. The van der Waals surface area contributed by atoms with E-state index in [0.29, 0.717) is 5.56 Å². The van der Waals surface area contributed by atoms with Gasteiger partial charge in [0, 0.05) is 12.1 Å². The predicted molar refractivity (Wildman–Crippen MR) is 111 cm³/mol. The lowest BCUT2D eigenvalue weighted by molar-refractivity contribution is -0.139. The van der Waals surface area contributed by atoms with Gasteiger partial charge >= 0.3 is 12.8 Å². The van der Waals surface area contributed by atoms with Crippen molar-refractivity contribution in [2.45, 2.75) is 19.2 Å². The molecule has 2 aromatic carbocycles. The molecule has 0 saturated heterocycles. The molecule has 0 saturated carbocycles. The molecule has 0 aliphatic rings. The van der Waals surface area contributed by atoms with Crippen LogP contribution in [-0.4, -0.2) is 49.5 Å². The quantitative estimate of drug-likeness (QED) is 0.332. The summed E-state index contributed by atoms with van der Waals surface area (Å²) in [6.45, 7) is -4.00. The first-order chi connectivity index (χ1) is 16.1. The van der Waals surface area contributed by atoms with E-state index >= 15 is 0 Å². The molecule has 3 N–H and O–H groups in total. The van der Waals surface area contributed by atoms with Gasteiger partial charge in [0.2, 0.25) is 0 Å². The molecule has 2 aromatic rings. The minimum Gasteiger partial charge on any atom is -0.493 e. The van der Waals surface area contributed by atoms with E-state index in [1.165, 1.54) is 54.6 Å². The highest BCUT2D eigenvalue weighted by Crippen LogP contribution is 2.21. The first-order valence-corrected chi connectivity index (χ1v) is 9.84. The number of ether oxygens (including phenoxy) is 2. The highest BCUT2D eigenvalue weighted by molar-refractivity contribution is 6.05. The van der Waals surface area contributed by atoms with Gasteiger partial charge in [-0.2, -0.15) is 22.0 Å². The zero-order valence-corrected chi connectivity index (χ0v) is 17.6. The number of aliphatic hydroxyl groups is 1. The minimum atomic E-state index is -4.35. The van der Waals surface area contributed by atoms with Crippen molar-refractivity contribution in [3.63, 3.8) is 0 Å². The van der Waals surface area contributed by atoms with E-state index in [9.17, 15) is 31.5 Å². The van der Waals surface area contributed by atoms with E-state index in [-0.39, 0.29) is 35.9 Å².